The van der Waals surface area contributed by atoms with Gasteiger partial charge in [-0.2, -0.15) is 9.57 Å². The summed E-state index contributed by atoms with van der Waals surface area (Å²) < 4.78 is 26.2. The number of hydrogen-bond donors (Lipinski definition) is 1. The molecule has 1 heterocycles. The molecule has 9 heteroatoms. The average Bonchev–Trinajstić information content (AvgIpc) is 2.54. The van der Waals surface area contributed by atoms with Gasteiger partial charge in [0.25, 0.3) is 0 Å². The van der Waals surface area contributed by atoms with Crippen molar-refractivity contribution in [2.75, 3.05) is 19.6 Å². The van der Waals surface area contributed by atoms with Gasteiger partial charge in [0.05, 0.1) is 16.5 Å². The topological polar surface area (TPSA) is 119 Å². The smallest absolute Gasteiger partial charge is 0.323 e. The van der Waals surface area contributed by atoms with E-state index in [2.05, 4.69) is 0 Å². The van der Waals surface area contributed by atoms with Gasteiger partial charge in [0.15, 0.2) is 0 Å². The number of sulfonamides is 1. The summed E-state index contributed by atoms with van der Waals surface area (Å²) in [5.74, 6) is -1.61. The molecule has 1 fully saturated rings. The molecule has 1 aliphatic heterocycles. The lowest BCUT2D eigenvalue weighted by Crippen LogP contribution is -2.58. The molecule has 0 radical (unpaired) electrons. The number of carbonyl (C=O) groups is 2. The zero-order valence-corrected chi connectivity index (χ0v) is 13.2. The van der Waals surface area contributed by atoms with Crippen molar-refractivity contribution in [2.45, 2.75) is 17.9 Å². The van der Waals surface area contributed by atoms with Crippen molar-refractivity contribution in [3.63, 3.8) is 0 Å². The molecule has 1 aromatic rings. The molecule has 1 aromatic carbocycles. The molecule has 122 valence electrons. The Morgan fingerprint density at radius 2 is 1.87 bits per heavy atom. The number of benzene rings is 1. The van der Waals surface area contributed by atoms with Crippen molar-refractivity contribution in [2.24, 2.45) is 0 Å². The highest BCUT2D eigenvalue weighted by Gasteiger charge is 2.40. The first-order valence-corrected chi connectivity index (χ1v) is 8.21. The number of aliphatic carboxylic acids is 1. The summed E-state index contributed by atoms with van der Waals surface area (Å²) in [5.41, 5.74) is 0.306. The standard InChI is InChI=1S/C14H15N3O5S/c1-10(18)16-6-7-17(13(9-16)14(19)20)23(21,22)12-4-2-11(8-15)3-5-12/h2-5,13H,6-7,9H2,1H3,(H,19,20). The molecule has 23 heavy (non-hydrogen) atoms. The van der Waals surface area contributed by atoms with E-state index in [0.717, 1.165) is 4.31 Å². The monoisotopic (exact) mass is 337 g/mol. The second kappa shape index (κ2) is 6.36. The Balaban J connectivity index is 2.35. The highest BCUT2D eigenvalue weighted by molar-refractivity contribution is 7.89. The third-order valence-corrected chi connectivity index (χ3v) is 5.57. The van der Waals surface area contributed by atoms with E-state index in [1.165, 1.54) is 36.1 Å². The van der Waals surface area contributed by atoms with Gasteiger partial charge in [-0.1, -0.05) is 0 Å². The van der Waals surface area contributed by atoms with Gasteiger partial charge in [-0.15, -0.1) is 0 Å². The normalized spacial score (nSPS) is 19.1. The fraction of sp³-hybridized carbons (Fsp3) is 0.357. The maximum absolute atomic E-state index is 12.7. The highest BCUT2D eigenvalue weighted by Crippen LogP contribution is 2.22. The largest absolute Gasteiger partial charge is 0.480 e. The van der Waals surface area contributed by atoms with Crippen LogP contribution in [0.1, 0.15) is 12.5 Å². The van der Waals surface area contributed by atoms with Gasteiger partial charge in [0.1, 0.15) is 6.04 Å². The van der Waals surface area contributed by atoms with Gasteiger partial charge in [0, 0.05) is 26.6 Å². The number of rotatable bonds is 3. The first kappa shape index (κ1) is 16.9. The Hall–Kier alpha value is -2.44. The van der Waals surface area contributed by atoms with Gasteiger partial charge in [-0.05, 0) is 24.3 Å². The Bertz CT molecular complexity index is 767. The van der Waals surface area contributed by atoms with Crippen LogP contribution in [0.25, 0.3) is 0 Å². The molecule has 0 saturated carbocycles. The maximum Gasteiger partial charge on any atom is 0.323 e. The molecule has 1 aliphatic rings. The number of carboxylic acids is 1. The molecule has 1 atom stereocenters. The maximum atomic E-state index is 12.7. The van der Waals surface area contributed by atoms with Crippen LogP contribution in [-0.4, -0.2) is 60.3 Å². The Labute approximate surface area is 133 Å². The summed E-state index contributed by atoms with van der Waals surface area (Å²) in [6, 6.07) is 5.79. The minimum atomic E-state index is -4.03. The molecule has 0 aromatic heterocycles. The molecular weight excluding hydrogens is 322 g/mol. The summed E-state index contributed by atoms with van der Waals surface area (Å²) in [5, 5.41) is 18.1. The van der Waals surface area contributed by atoms with Crippen molar-refractivity contribution in [1.82, 2.24) is 9.21 Å². The third-order valence-electron chi connectivity index (χ3n) is 3.65. The molecule has 1 N–H and O–H groups in total. The van der Waals surface area contributed by atoms with Crippen molar-refractivity contribution in [3.8, 4) is 6.07 Å². The molecule has 8 nitrogen and oxygen atoms in total. The predicted octanol–water partition coefficient (Wildman–Crippen LogP) is -0.136. The quantitative estimate of drug-likeness (QED) is 0.820. The van der Waals surface area contributed by atoms with Crippen LogP contribution in [0.2, 0.25) is 0 Å². The zero-order chi connectivity index (χ0) is 17.2. The highest BCUT2D eigenvalue weighted by atomic mass is 32.2. The van der Waals surface area contributed by atoms with E-state index >= 15 is 0 Å². The van der Waals surface area contributed by atoms with Crippen molar-refractivity contribution < 1.29 is 23.1 Å². The second-order valence-electron chi connectivity index (χ2n) is 5.07. The Kier molecular flexibility index (Phi) is 4.68. The van der Waals surface area contributed by atoms with Gasteiger partial charge in [0.2, 0.25) is 15.9 Å². The third kappa shape index (κ3) is 3.33. The first-order chi connectivity index (χ1) is 10.8. The lowest BCUT2D eigenvalue weighted by molar-refractivity contribution is -0.145. The van der Waals surface area contributed by atoms with Crippen molar-refractivity contribution in [3.05, 3.63) is 29.8 Å². The van der Waals surface area contributed by atoms with E-state index in [1.54, 1.807) is 0 Å². The van der Waals surface area contributed by atoms with Crippen LogP contribution in [0.5, 0.6) is 0 Å². The summed E-state index contributed by atoms with van der Waals surface area (Å²) in [4.78, 5) is 24.0. The summed E-state index contributed by atoms with van der Waals surface area (Å²) in [7, 11) is -4.03. The van der Waals surface area contributed by atoms with E-state index in [1.807, 2.05) is 6.07 Å². The van der Waals surface area contributed by atoms with Crippen LogP contribution in [0.4, 0.5) is 0 Å². The van der Waals surface area contributed by atoms with Gasteiger partial charge in [-0.25, -0.2) is 8.42 Å². The van der Waals surface area contributed by atoms with E-state index in [-0.39, 0.29) is 30.4 Å². The SMILES string of the molecule is CC(=O)N1CCN(S(=O)(=O)c2ccc(C#N)cc2)C(C(=O)O)C1. The van der Waals surface area contributed by atoms with Crippen LogP contribution in [0, 0.1) is 11.3 Å². The van der Waals surface area contributed by atoms with Crippen LogP contribution in [0.3, 0.4) is 0 Å². The molecule has 1 amide bonds. The predicted molar refractivity (Wildman–Crippen MR) is 78.7 cm³/mol. The molecule has 2 rings (SSSR count). The number of amides is 1. The number of carbonyl (C=O) groups excluding carboxylic acids is 1. The lowest BCUT2D eigenvalue weighted by atomic mass is 10.2. The van der Waals surface area contributed by atoms with Crippen LogP contribution in [-0.2, 0) is 19.6 Å². The minimum Gasteiger partial charge on any atom is -0.480 e. The fourth-order valence-electron chi connectivity index (χ4n) is 2.38. The Morgan fingerprint density at radius 1 is 1.26 bits per heavy atom. The summed E-state index contributed by atoms with van der Waals surface area (Å²) in [6.07, 6.45) is 0. The number of nitriles is 1. The molecule has 0 aliphatic carbocycles. The number of nitrogens with zero attached hydrogens (tertiary/aromatic N) is 3. The van der Waals surface area contributed by atoms with E-state index in [4.69, 9.17) is 5.26 Å². The average molecular weight is 337 g/mol. The van der Waals surface area contributed by atoms with Gasteiger partial charge >= 0.3 is 5.97 Å². The molecular formula is C14H15N3O5S. The number of hydrogen-bond acceptors (Lipinski definition) is 5. The fourth-order valence-corrected chi connectivity index (χ4v) is 3.94. The Morgan fingerprint density at radius 3 is 2.35 bits per heavy atom. The zero-order valence-electron chi connectivity index (χ0n) is 12.3. The summed E-state index contributed by atoms with van der Waals surface area (Å²) in [6.45, 7) is 1.15. The lowest BCUT2D eigenvalue weighted by Gasteiger charge is -2.37. The molecule has 1 saturated heterocycles. The second-order valence-corrected chi connectivity index (χ2v) is 6.96. The van der Waals surface area contributed by atoms with Crippen LogP contribution in [0.15, 0.2) is 29.2 Å². The minimum absolute atomic E-state index is 0.0842. The molecule has 1 unspecified atom stereocenters. The number of piperazine rings is 1. The molecule has 0 spiro atoms. The first-order valence-electron chi connectivity index (χ1n) is 6.77. The van der Waals surface area contributed by atoms with Gasteiger partial charge < -0.3 is 10.0 Å². The van der Waals surface area contributed by atoms with E-state index < -0.39 is 22.0 Å². The van der Waals surface area contributed by atoms with Crippen LogP contribution >= 0.6 is 0 Å². The van der Waals surface area contributed by atoms with Crippen molar-refractivity contribution in [1.29, 1.82) is 5.26 Å². The van der Waals surface area contributed by atoms with E-state index in [0.29, 0.717) is 5.56 Å². The number of carboxylic acid groups (broad SMARTS) is 1. The van der Waals surface area contributed by atoms with Crippen LogP contribution < -0.4 is 0 Å². The molecule has 0 bridgehead atoms. The summed E-state index contributed by atoms with van der Waals surface area (Å²) >= 11 is 0. The van der Waals surface area contributed by atoms with Gasteiger partial charge in [-0.3, -0.25) is 9.59 Å². The van der Waals surface area contributed by atoms with E-state index in [9.17, 15) is 23.1 Å². The van der Waals surface area contributed by atoms with Crippen molar-refractivity contribution >= 4 is 21.9 Å².